The van der Waals surface area contributed by atoms with Crippen molar-refractivity contribution in [1.82, 2.24) is 4.90 Å². The Bertz CT molecular complexity index is 488. The van der Waals surface area contributed by atoms with Gasteiger partial charge in [-0.25, -0.2) is 4.39 Å². The first-order valence-electron chi connectivity index (χ1n) is 5.70. The molecule has 1 aromatic carbocycles. The van der Waals surface area contributed by atoms with Crippen LogP contribution in [0.4, 0.5) is 4.39 Å². The van der Waals surface area contributed by atoms with Crippen LogP contribution >= 0.6 is 11.6 Å². The largest absolute Gasteiger partial charge is 0.383 e. The molecule has 0 aliphatic rings. The highest BCUT2D eigenvalue weighted by Gasteiger charge is 2.19. The summed E-state index contributed by atoms with van der Waals surface area (Å²) in [6, 6.07) is 5.76. The SMILES string of the molecule is COCCN(CCC#N)C(=O)c1cc(Cl)ccc1F. The van der Waals surface area contributed by atoms with E-state index < -0.39 is 11.7 Å². The van der Waals surface area contributed by atoms with Gasteiger partial charge >= 0.3 is 0 Å². The van der Waals surface area contributed by atoms with Gasteiger partial charge in [0.05, 0.1) is 24.7 Å². The van der Waals surface area contributed by atoms with Crippen molar-refractivity contribution < 1.29 is 13.9 Å². The van der Waals surface area contributed by atoms with Crippen molar-refractivity contribution in [3.05, 3.63) is 34.6 Å². The first-order chi connectivity index (χ1) is 9.10. The van der Waals surface area contributed by atoms with Gasteiger partial charge in [-0.15, -0.1) is 0 Å². The fraction of sp³-hybridized carbons (Fsp3) is 0.385. The van der Waals surface area contributed by atoms with E-state index in [1.165, 1.54) is 24.1 Å². The molecule has 0 fully saturated rings. The lowest BCUT2D eigenvalue weighted by Crippen LogP contribution is -2.35. The van der Waals surface area contributed by atoms with Gasteiger partial charge < -0.3 is 9.64 Å². The van der Waals surface area contributed by atoms with Gasteiger partial charge in [0.25, 0.3) is 5.91 Å². The summed E-state index contributed by atoms with van der Waals surface area (Å²) in [5, 5.41) is 8.87. The summed E-state index contributed by atoms with van der Waals surface area (Å²) in [5.74, 6) is -1.12. The molecule has 0 heterocycles. The summed E-state index contributed by atoms with van der Waals surface area (Å²) in [5.41, 5.74) is -0.0958. The van der Waals surface area contributed by atoms with Gasteiger partial charge in [-0.1, -0.05) is 11.6 Å². The molecule has 1 rings (SSSR count). The van der Waals surface area contributed by atoms with Crippen molar-refractivity contribution in [2.24, 2.45) is 0 Å². The van der Waals surface area contributed by atoms with Crippen LogP contribution in [0.2, 0.25) is 5.02 Å². The van der Waals surface area contributed by atoms with Gasteiger partial charge in [-0.3, -0.25) is 4.79 Å². The molecular weight excluding hydrogens is 271 g/mol. The highest BCUT2D eigenvalue weighted by atomic mass is 35.5. The molecule has 0 atom stereocenters. The van der Waals surface area contributed by atoms with Crippen molar-refractivity contribution >= 4 is 17.5 Å². The van der Waals surface area contributed by atoms with Gasteiger partial charge in [0.2, 0.25) is 0 Å². The van der Waals surface area contributed by atoms with Crippen molar-refractivity contribution in [2.75, 3.05) is 26.8 Å². The number of carbonyl (C=O) groups excluding carboxylic acids is 1. The lowest BCUT2D eigenvalue weighted by Gasteiger charge is -2.21. The Morgan fingerprint density at radius 3 is 2.89 bits per heavy atom. The molecule has 0 N–H and O–H groups in total. The second-order valence-corrected chi connectivity index (χ2v) is 4.25. The van der Waals surface area contributed by atoms with E-state index in [-0.39, 0.29) is 23.6 Å². The lowest BCUT2D eigenvalue weighted by atomic mass is 10.2. The van der Waals surface area contributed by atoms with Gasteiger partial charge in [0, 0.05) is 25.2 Å². The Balaban J connectivity index is 2.91. The van der Waals surface area contributed by atoms with Crippen LogP contribution in [-0.2, 0) is 4.74 Å². The van der Waals surface area contributed by atoms with E-state index in [1.807, 2.05) is 6.07 Å². The summed E-state index contributed by atoms with van der Waals surface area (Å²) >= 11 is 5.76. The van der Waals surface area contributed by atoms with Gasteiger partial charge in [-0.2, -0.15) is 5.26 Å². The van der Waals surface area contributed by atoms with Crippen LogP contribution in [-0.4, -0.2) is 37.6 Å². The Morgan fingerprint density at radius 2 is 2.26 bits per heavy atom. The van der Waals surface area contributed by atoms with Crippen LogP contribution in [0.3, 0.4) is 0 Å². The molecule has 0 saturated heterocycles. The third kappa shape index (κ3) is 4.51. The molecule has 0 unspecified atom stereocenters. The zero-order valence-electron chi connectivity index (χ0n) is 10.5. The van der Waals surface area contributed by atoms with Gasteiger partial charge in [0.15, 0.2) is 0 Å². The molecule has 6 heteroatoms. The predicted molar refractivity (Wildman–Crippen MR) is 69.4 cm³/mol. The normalized spacial score (nSPS) is 10.0. The van der Waals surface area contributed by atoms with Crippen LogP contribution in [0.15, 0.2) is 18.2 Å². The number of nitriles is 1. The van der Waals surface area contributed by atoms with Gasteiger partial charge in [-0.05, 0) is 18.2 Å². The third-order valence-corrected chi connectivity index (χ3v) is 2.74. The average molecular weight is 285 g/mol. The molecule has 19 heavy (non-hydrogen) atoms. The van der Waals surface area contributed by atoms with Crippen molar-refractivity contribution in [1.29, 1.82) is 5.26 Å². The van der Waals surface area contributed by atoms with E-state index in [9.17, 15) is 9.18 Å². The molecule has 0 saturated carbocycles. The van der Waals surface area contributed by atoms with Crippen LogP contribution in [0, 0.1) is 17.1 Å². The average Bonchev–Trinajstić information content (AvgIpc) is 2.41. The van der Waals surface area contributed by atoms with E-state index in [4.69, 9.17) is 21.6 Å². The molecule has 0 spiro atoms. The third-order valence-electron chi connectivity index (χ3n) is 2.50. The maximum atomic E-state index is 13.6. The first kappa shape index (κ1) is 15.4. The van der Waals surface area contributed by atoms with E-state index in [0.29, 0.717) is 13.2 Å². The smallest absolute Gasteiger partial charge is 0.256 e. The molecule has 1 aromatic rings. The maximum Gasteiger partial charge on any atom is 0.256 e. The summed E-state index contributed by atoms with van der Waals surface area (Å²) in [6.45, 7) is 0.840. The molecule has 4 nitrogen and oxygen atoms in total. The van der Waals surface area contributed by atoms with E-state index in [1.54, 1.807) is 0 Å². The Kier molecular flexibility index (Phi) is 6.26. The monoisotopic (exact) mass is 284 g/mol. The Hall–Kier alpha value is -1.64. The zero-order valence-corrected chi connectivity index (χ0v) is 11.3. The van der Waals surface area contributed by atoms with E-state index >= 15 is 0 Å². The molecule has 0 aliphatic carbocycles. The molecule has 0 bridgehead atoms. The van der Waals surface area contributed by atoms with Crippen LogP contribution < -0.4 is 0 Å². The Labute approximate surface area is 116 Å². The fourth-order valence-electron chi connectivity index (χ4n) is 1.53. The number of methoxy groups -OCH3 is 1. The quantitative estimate of drug-likeness (QED) is 0.806. The highest BCUT2D eigenvalue weighted by Crippen LogP contribution is 2.17. The van der Waals surface area contributed by atoms with Crippen molar-refractivity contribution in [3.63, 3.8) is 0 Å². The number of hydrogen-bond donors (Lipinski definition) is 0. The summed E-state index contributed by atoms with van der Waals surface area (Å²) in [6.07, 6.45) is 0.178. The summed E-state index contributed by atoms with van der Waals surface area (Å²) in [7, 11) is 1.51. The highest BCUT2D eigenvalue weighted by molar-refractivity contribution is 6.31. The van der Waals surface area contributed by atoms with Crippen molar-refractivity contribution in [3.8, 4) is 6.07 Å². The second-order valence-electron chi connectivity index (χ2n) is 3.82. The number of carbonyl (C=O) groups is 1. The topological polar surface area (TPSA) is 53.3 Å². The molecule has 102 valence electrons. The number of halogens is 2. The minimum atomic E-state index is -0.631. The summed E-state index contributed by atoms with van der Waals surface area (Å²) in [4.78, 5) is 13.6. The molecule has 0 radical (unpaired) electrons. The zero-order chi connectivity index (χ0) is 14.3. The summed E-state index contributed by atoms with van der Waals surface area (Å²) < 4.78 is 18.5. The minimum absolute atomic E-state index is 0.0958. The maximum absolute atomic E-state index is 13.6. The first-order valence-corrected chi connectivity index (χ1v) is 6.08. The van der Waals surface area contributed by atoms with Crippen molar-refractivity contribution in [2.45, 2.75) is 6.42 Å². The van der Waals surface area contributed by atoms with E-state index in [2.05, 4.69) is 0 Å². The Morgan fingerprint density at radius 1 is 1.53 bits per heavy atom. The van der Waals surface area contributed by atoms with Crippen LogP contribution in [0.1, 0.15) is 16.8 Å². The van der Waals surface area contributed by atoms with Gasteiger partial charge in [0.1, 0.15) is 5.82 Å². The predicted octanol–water partition coefficient (Wildman–Crippen LogP) is 2.48. The molecule has 1 amide bonds. The molecule has 0 aromatic heterocycles. The second kappa shape index (κ2) is 7.72. The molecular formula is C13H14ClFN2O2. The molecule has 0 aliphatic heterocycles. The lowest BCUT2D eigenvalue weighted by molar-refractivity contribution is 0.0695. The number of nitrogens with zero attached hydrogens (tertiary/aromatic N) is 2. The van der Waals surface area contributed by atoms with Crippen LogP contribution in [0.25, 0.3) is 0 Å². The number of ether oxygens (including phenoxy) is 1. The fourth-order valence-corrected chi connectivity index (χ4v) is 1.71. The minimum Gasteiger partial charge on any atom is -0.383 e. The number of benzene rings is 1. The number of hydrogen-bond acceptors (Lipinski definition) is 3. The number of amides is 1. The van der Waals surface area contributed by atoms with E-state index in [0.717, 1.165) is 6.07 Å². The standard InChI is InChI=1S/C13H14ClFN2O2/c1-19-8-7-17(6-2-5-16)13(18)11-9-10(14)3-4-12(11)15/h3-4,9H,2,6-8H2,1H3. The number of rotatable bonds is 6. The van der Waals surface area contributed by atoms with Crippen LogP contribution in [0.5, 0.6) is 0 Å².